The van der Waals surface area contributed by atoms with Crippen LogP contribution in [0.2, 0.25) is 5.02 Å². The molecule has 1 atom stereocenters. The van der Waals surface area contributed by atoms with Crippen LogP contribution in [0.1, 0.15) is 46.9 Å². The normalized spacial score (nSPS) is 14.2. The number of rotatable bonds is 11. The Morgan fingerprint density at radius 2 is 1.95 bits per heavy atom. The zero-order chi connectivity index (χ0) is 31.8. The molecular weight excluding hydrogens is 594 g/mol. The Labute approximate surface area is 257 Å². The number of carbonyl (C=O) groups is 2. The molecule has 0 aliphatic heterocycles. The number of fused-ring (bicyclic) bond motifs is 1. The number of hydrogen-bond donors (Lipinski definition) is 3. The first-order valence-corrected chi connectivity index (χ1v) is 14.4. The monoisotopic (exact) mass is 624 g/mol. The summed E-state index contributed by atoms with van der Waals surface area (Å²) in [6.07, 6.45) is 2.69. The number of aryl methyl sites for hydroxylation is 1. The molecule has 5 rings (SSSR count). The van der Waals surface area contributed by atoms with Gasteiger partial charge >= 0.3 is 0 Å². The number of benzene rings is 2. The van der Waals surface area contributed by atoms with E-state index < -0.39 is 34.1 Å². The largest absolute Gasteiger partial charge is 0.494 e. The summed E-state index contributed by atoms with van der Waals surface area (Å²) < 4.78 is 39.8. The van der Waals surface area contributed by atoms with Crippen molar-refractivity contribution in [3.8, 4) is 22.8 Å². The first kappa shape index (κ1) is 31.1. The van der Waals surface area contributed by atoms with E-state index in [9.17, 15) is 23.5 Å². The molecule has 2 aromatic carbocycles. The van der Waals surface area contributed by atoms with Gasteiger partial charge in [0.2, 0.25) is 5.91 Å². The number of carbonyl (C=O) groups excluding carboxylic acids is 2. The van der Waals surface area contributed by atoms with Gasteiger partial charge in [-0.2, -0.15) is 0 Å². The third kappa shape index (κ3) is 6.02. The van der Waals surface area contributed by atoms with Crippen LogP contribution in [-0.2, 0) is 16.8 Å². The molecule has 2 aromatic heterocycles. The summed E-state index contributed by atoms with van der Waals surface area (Å²) in [5, 5.41) is 15.1. The van der Waals surface area contributed by atoms with Crippen molar-refractivity contribution in [1.82, 2.24) is 15.3 Å². The standard InChI is InChI=1S/C32H31ClF2N4O5/c1-4-44-30-18(13-25(36)40)12-24(39-29(30)21-7-8-22(34)27(35)26(21)33)32(42,20-5-6-20)15-38-31(41)19-10-17-9-16(2)14-37-28(17)23(11-19)43-3/h7-12,14,20,42H,4-6,13,15H2,1-3H3,(H2,36,40)(H,38,41)/t32-/m1/s1. The fraction of sp³-hybridized carbons (Fsp3) is 0.312. The van der Waals surface area contributed by atoms with E-state index in [2.05, 4.69) is 15.3 Å². The lowest BCUT2D eigenvalue weighted by molar-refractivity contribution is -0.117. The summed E-state index contributed by atoms with van der Waals surface area (Å²) in [5.41, 5.74) is 5.99. The highest BCUT2D eigenvalue weighted by atomic mass is 35.5. The quantitative estimate of drug-likeness (QED) is 0.200. The lowest BCUT2D eigenvalue weighted by atomic mass is 9.90. The van der Waals surface area contributed by atoms with E-state index in [0.717, 1.165) is 11.6 Å². The molecule has 2 amide bonds. The molecular formula is C32H31ClF2N4O5. The zero-order valence-electron chi connectivity index (χ0n) is 24.3. The molecule has 4 aromatic rings. The molecule has 1 aliphatic rings. The van der Waals surface area contributed by atoms with Crippen molar-refractivity contribution < 1.29 is 33.0 Å². The Morgan fingerprint density at radius 3 is 2.61 bits per heavy atom. The van der Waals surface area contributed by atoms with E-state index in [1.54, 1.807) is 25.3 Å². The van der Waals surface area contributed by atoms with Crippen LogP contribution in [0.3, 0.4) is 0 Å². The van der Waals surface area contributed by atoms with Crippen LogP contribution in [-0.4, -0.2) is 47.2 Å². The molecule has 2 heterocycles. The Kier molecular flexibility index (Phi) is 8.71. The number of nitrogens with two attached hydrogens (primary N) is 1. The number of pyridine rings is 2. The van der Waals surface area contributed by atoms with E-state index >= 15 is 0 Å². The van der Waals surface area contributed by atoms with Gasteiger partial charge in [0.1, 0.15) is 28.3 Å². The van der Waals surface area contributed by atoms with Gasteiger partial charge in [-0.3, -0.25) is 14.6 Å². The SMILES string of the molecule is CCOc1c(CC(N)=O)cc([C@@](O)(CNC(=O)c2cc(OC)c3ncc(C)cc3c2)C2CC2)nc1-c1ccc(F)c(F)c1Cl. The number of nitrogens with zero attached hydrogens (tertiary/aromatic N) is 2. The van der Waals surface area contributed by atoms with Gasteiger partial charge in [0, 0.05) is 28.3 Å². The van der Waals surface area contributed by atoms with E-state index in [0.29, 0.717) is 35.1 Å². The van der Waals surface area contributed by atoms with Crippen molar-refractivity contribution in [1.29, 1.82) is 0 Å². The third-order valence-electron chi connectivity index (χ3n) is 7.58. The highest BCUT2D eigenvalue weighted by Crippen LogP contribution is 2.47. The summed E-state index contributed by atoms with van der Waals surface area (Å²) in [6, 6.07) is 8.77. The van der Waals surface area contributed by atoms with Crippen LogP contribution in [0.4, 0.5) is 8.78 Å². The zero-order valence-corrected chi connectivity index (χ0v) is 25.1. The highest BCUT2D eigenvalue weighted by Gasteiger charge is 2.47. The molecule has 230 valence electrons. The predicted molar refractivity (Wildman–Crippen MR) is 161 cm³/mol. The highest BCUT2D eigenvalue weighted by molar-refractivity contribution is 6.33. The smallest absolute Gasteiger partial charge is 0.251 e. The Bertz CT molecular complexity index is 1780. The molecule has 0 bridgehead atoms. The lowest BCUT2D eigenvalue weighted by Gasteiger charge is -2.30. The van der Waals surface area contributed by atoms with E-state index in [1.165, 1.54) is 19.2 Å². The molecule has 4 N–H and O–H groups in total. The fourth-order valence-electron chi connectivity index (χ4n) is 5.26. The van der Waals surface area contributed by atoms with Crippen molar-refractivity contribution in [2.24, 2.45) is 11.7 Å². The predicted octanol–water partition coefficient (Wildman–Crippen LogP) is 5.00. The van der Waals surface area contributed by atoms with Crippen LogP contribution in [0.5, 0.6) is 11.5 Å². The number of hydrogen-bond acceptors (Lipinski definition) is 7. The topological polar surface area (TPSA) is 137 Å². The lowest BCUT2D eigenvalue weighted by Crippen LogP contribution is -2.43. The molecule has 1 aliphatic carbocycles. The molecule has 1 fully saturated rings. The second-order valence-corrected chi connectivity index (χ2v) is 11.2. The summed E-state index contributed by atoms with van der Waals surface area (Å²) in [7, 11) is 1.49. The van der Waals surface area contributed by atoms with Crippen LogP contribution in [0.25, 0.3) is 22.2 Å². The summed E-state index contributed by atoms with van der Waals surface area (Å²) in [4.78, 5) is 34.5. The molecule has 0 unspecified atom stereocenters. The van der Waals surface area contributed by atoms with Crippen molar-refractivity contribution >= 4 is 34.3 Å². The summed E-state index contributed by atoms with van der Waals surface area (Å²) in [5.74, 6) is -3.38. The summed E-state index contributed by atoms with van der Waals surface area (Å²) >= 11 is 6.21. The molecule has 44 heavy (non-hydrogen) atoms. The van der Waals surface area contributed by atoms with Gasteiger partial charge in [-0.05, 0) is 74.6 Å². The van der Waals surface area contributed by atoms with Gasteiger partial charge in [-0.1, -0.05) is 11.6 Å². The number of aromatic nitrogens is 2. The number of halogens is 3. The Balaban J connectivity index is 1.57. The number of methoxy groups -OCH3 is 1. The second-order valence-electron chi connectivity index (χ2n) is 10.8. The number of primary amides is 1. The van der Waals surface area contributed by atoms with Gasteiger partial charge in [-0.25, -0.2) is 13.8 Å². The summed E-state index contributed by atoms with van der Waals surface area (Å²) in [6.45, 7) is 3.49. The van der Waals surface area contributed by atoms with Crippen LogP contribution in [0.15, 0.2) is 42.6 Å². The van der Waals surface area contributed by atoms with E-state index in [4.69, 9.17) is 26.8 Å². The van der Waals surface area contributed by atoms with Gasteiger partial charge in [0.15, 0.2) is 11.6 Å². The maximum absolute atomic E-state index is 14.6. The van der Waals surface area contributed by atoms with Crippen LogP contribution < -0.4 is 20.5 Å². The minimum atomic E-state index is -1.70. The number of amides is 2. The van der Waals surface area contributed by atoms with Gasteiger partial charge < -0.3 is 25.6 Å². The third-order valence-corrected chi connectivity index (χ3v) is 7.94. The van der Waals surface area contributed by atoms with Gasteiger partial charge in [0.05, 0.1) is 37.4 Å². The average molecular weight is 625 g/mol. The fourth-order valence-corrected chi connectivity index (χ4v) is 5.50. The van der Waals surface area contributed by atoms with Crippen molar-refractivity contribution in [3.63, 3.8) is 0 Å². The molecule has 0 radical (unpaired) electrons. The number of ether oxygens (including phenoxy) is 2. The van der Waals surface area contributed by atoms with Gasteiger partial charge in [-0.15, -0.1) is 0 Å². The minimum absolute atomic E-state index is 0.00274. The maximum Gasteiger partial charge on any atom is 0.251 e. The Hall–Kier alpha value is -4.35. The van der Waals surface area contributed by atoms with Crippen LogP contribution >= 0.6 is 11.6 Å². The van der Waals surface area contributed by atoms with Crippen molar-refractivity contribution in [2.75, 3.05) is 20.3 Å². The number of aliphatic hydroxyl groups is 1. The first-order valence-electron chi connectivity index (χ1n) is 14.0. The van der Waals surface area contributed by atoms with Crippen LogP contribution in [0, 0.1) is 24.5 Å². The molecule has 0 saturated heterocycles. The molecule has 0 spiro atoms. The Morgan fingerprint density at radius 1 is 1.20 bits per heavy atom. The molecule has 9 nitrogen and oxygen atoms in total. The van der Waals surface area contributed by atoms with Gasteiger partial charge in [0.25, 0.3) is 5.91 Å². The van der Waals surface area contributed by atoms with Crippen molar-refractivity contribution in [2.45, 2.75) is 38.7 Å². The number of nitrogens with one attached hydrogen (secondary N) is 1. The van der Waals surface area contributed by atoms with E-state index in [-0.39, 0.29) is 53.8 Å². The first-order chi connectivity index (χ1) is 21.0. The molecule has 1 saturated carbocycles. The average Bonchev–Trinajstić information content (AvgIpc) is 3.85. The van der Waals surface area contributed by atoms with Crippen molar-refractivity contribution in [3.05, 3.63) is 81.6 Å². The maximum atomic E-state index is 14.6. The second kappa shape index (κ2) is 12.3. The molecule has 12 heteroatoms. The van der Waals surface area contributed by atoms with E-state index in [1.807, 2.05) is 13.0 Å². The minimum Gasteiger partial charge on any atom is -0.494 e.